The topological polar surface area (TPSA) is 44.5 Å². The summed E-state index contributed by atoms with van der Waals surface area (Å²) >= 11 is 0. The fourth-order valence-corrected chi connectivity index (χ4v) is 3.49. The summed E-state index contributed by atoms with van der Waals surface area (Å²) in [6, 6.07) is 6.37. The van der Waals surface area contributed by atoms with Crippen LogP contribution < -0.4 is 10.5 Å². The number of ether oxygens (including phenoxy) is 2. The number of methoxy groups -OCH3 is 1. The van der Waals surface area contributed by atoms with E-state index in [1.807, 2.05) is 6.07 Å². The second kappa shape index (κ2) is 6.15. The zero-order valence-corrected chi connectivity index (χ0v) is 13.2. The van der Waals surface area contributed by atoms with Crippen LogP contribution in [0.15, 0.2) is 18.2 Å². The number of benzene rings is 1. The van der Waals surface area contributed by atoms with Gasteiger partial charge >= 0.3 is 0 Å². The zero-order valence-electron chi connectivity index (χ0n) is 13.2. The molecule has 0 amide bonds. The lowest BCUT2D eigenvalue weighted by atomic mass is 9.81. The number of hydrogen-bond donors (Lipinski definition) is 1. The summed E-state index contributed by atoms with van der Waals surface area (Å²) < 4.78 is 11.4. The average Bonchev–Trinajstić information content (AvgIpc) is 2.63. The summed E-state index contributed by atoms with van der Waals surface area (Å²) in [6.45, 7) is 8.62. The van der Waals surface area contributed by atoms with Crippen molar-refractivity contribution < 1.29 is 9.47 Å². The Morgan fingerprint density at radius 3 is 2.50 bits per heavy atom. The molecular weight excluding hydrogens is 250 g/mol. The first-order valence-corrected chi connectivity index (χ1v) is 7.48. The molecule has 0 spiro atoms. The van der Waals surface area contributed by atoms with Crippen molar-refractivity contribution in [3.05, 3.63) is 29.3 Å². The Morgan fingerprint density at radius 1 is 1.25 bits per heavy atom. The standard InChI is InChI=1S/C17H27NO2/c1-10-6-7-16(19-5)14(8-10)9-15(18)17-11(2)12(3)20-13(17)4/h6-8,11-13,15,17H,9,18H2,1-5H3. The smallest absolute Gasteiger partial charge is 0.122 e. The van der Waals surface area contributed by atoms with Crippen molar-refractivity contribution in [1.82, 2.24) is 0 Å². The number of rotatable bonds is 4. The van der Waals surface area contributed by atoms with E-state index < -0.39 is 0 Å². The van der Waals surface area contributed by atoms with Crippen LogP contribution in [0.1, 0.15) is 31.9 Å². The van der Waals surface area contributed by atoms with E-state index in [0.29, 0.717) is 17.9 Å². The molecule has 0 saturated carbocycles. The lowest BCUT2D eigenvalue weighted by molar-refractivity contribution is 0.0490. The highest BCUT2D eigenvalue weighted by Crippen LogP contribution is 2.35. The van der Waals surface area contributed by atoms with Gasteiger partial charge in [-0.05, 0) is 44.7 Å². The molecule has 3 nitrogen and oxygen atoms in total. The fraction of sp³-hybridized carbons (Fsp3) is 0.647. The molecule has 1 saturated heterocycles. The summed E-state index contributed by atoms with van der Waals surface area (Å²) in [5.41, 5.74) is 8.93. The van der Waals surface area contributed by atoms with Gasteiger partial charge in [0.05, 0.1) is 19.3 Å². The molecule has 1 aliphatic rings. The van der Waals surface area contributed by atoms with Gasteiger partial charge in [-0.25, -0.2) is 0 Å². The van der Waals surface area contributed by atoms with E-state index in [1.165, 1.54) is 11.1 Å². The maximum atomic E-state index is 6.49. The molecule has 1 heterocycles. The normalized spacial score (nSPS) is 31.3. The Kier molecular flexibility index (Phi) is 4.71. The van der Waals surface area contributed by atoms with Crippen molar-refractivity contribution >= 4 is 0 Å². The lowest BCUT2D eigenvalue weighted by Crippen LogP contribution is -2.39. The highest BCUT2D eigenvalue weighted by atomic mass is 16.5. The molecular formula is C17H27NO2. The molecule has 1 fully saturated rings. The Labute approximate surface area is 122 Å². The van der Waals surface area contributed by atoms with Crippen molar-refractivity contribution in [2.45, 2.75) is 52.4 Å². The van der Waals surface area contributed by atoms with Crippen LogP contribution in [0.4, 0.5) is 0 Å². The first-order valence-electron chi connectivity index (χ1n) is 7.48. The quantitative estimate of drug-likeness (QED) is 0.920. The van der Waals surface area contributed by atoms with Crippen LogP contribution in [0.25, 0.3) is 0 Å². The van der Waals surface area contributed by atoms with Crippen LogP contribution in [0.5, 0.6) is 5.75 Å². The summed E-state index contributed by atoms with van der Waals surface area (Å²) in [4.78, 5) is 0. The Hall–Kier alpha value is -1.06. The van der Waals surface area contributed by atoms with Crippen molar-refractivity contribution in [3.63, 3.8) is 0 Å². The molecule has 1 aromatic rings. The summed E-state index contributed by atoms with van der Waals surface area (Å²) in [5, 5.41) is 0. The average molecular weight is 277 g/mol. The first kappa shape index (κ1) is 15.3. The highest BCUT2D eigenvalue weighted by molar-refractivity contribution is 5.37. The molecule has 2 rings (SSSR count). The van der Waals surface area contributed by atoms with E-state index in [-0.39, 0.29) is 12.1 Å². The predicted molar refractivity (Wildman–Crippen MR) is 82.1 cm³/mol. The Morgan fingerprint density at radius 2 is 1.95 bits per heavy atom. The minimum absolute atomic E-state index is 0.0978. The van der Waals surface area contributed by atoms with E-state index in [1.54, 1.807) is 7.11 Å². The van der Waals surface area contributed by atoms with Gasteiger partial charge in [-0.2, -0.15) is 0 Å². The molecule has 5 unspecified atom stereocenters. The van der Waals surface area contributed by atoms with Crippen LogP contribution in [-0.2, 0) is 11.2 Å². The SMILES string of the molecule is COc1ccc(C)cc1CC(N)C1C(C)OC(C)C1C. The third-order valence-electron chi connectivity index (χ3n) is 4.70. The van der Waals surface area contributed by atoms with Crippen LogP contribution in [0.3, 0.4) is 0 Å². The molecule has 5 atom stereocenters. The van der Waals surface area contributed by atoms with Crippen LogP contribution >= 0.6 is 0 Å². The van der Waals surface area contributed by atoms with Crippen molar-refractivity contribution in [1.29, 1.82) is 0 Å². The molecule has 3 heteroatoms. The van der Waals surface area contributed by atoms with Gasteiger partial charge in [-0.1, -0.05) is 24.6 Å². The van der Waals surface area contributed by atoms with Crippen LogP contribution in [0.2, 0.25) is 0 Å². The Balaban J connectivity index is 2.15. The zero-order chi connectivity index (χ0) is 14.9. The Bertz CT molecular complexity index is 460. The second-order valence-electron chi connectivity index (χ2n) is 6.17. The molecule has 0 radical (unpaired) electrons. The molecule has 0 bridgehead atoms. The predicted octanol–water partition coefficient (Wildman–Crippen LogP) is 2.93. The van der Waals surface area contributed by atoms with E-state index in [9.17, 15) is 0 Å². The lowest BCUT2D eigenvalue weighted by Gasteiger charge is -2.26. The molecule has 1 aromatic carbocycles. The van der Waals surface area contributed by atoms with Crippen molar-refractivity contribution in [3.8, 4) is 5.75 Å². The maximum Gasteiger partial charge on any atom is 0.122 e. The van der Waals surface area contributed by atoms with Gasteiger partial charge in [0.25, 0.3) is 0 Å². The van der Waals surface area contributed by atoms with Gasteiger partial charge in [-0.3, -0.25) is 0 Å². The van der Waals surface area contributed by atoms with Gasteiger partial charge in [-0.15, -0.1) is 0 Å². The summed E-state index contributed by atoms with van der Waals surface area (Å²) in [7, 11) is 1.71. The van der Waals surface area contributed by atoms with Crippen molar-refractivity contribution in [2.24, 2.45) is 17.6 Å². The molecule has 2 N–H and O–H groups in total. The summed E-state index contributed by atoms with van der Waals surface area (Å²) in [6.07, 6.45) is 1.35. The van der Waals surface area contributed by atoms with E-state index >= 15 is 0 Å². The summed E-state index contributed by atoms with van der Waals surface area (Å²) in [5.74, 6) is 1.82. The van der Waals surface area contributed by atoms with Gasteiger partial charge in [0, 0.05) is 12.0 Å². The fourth-order valence-electron chi connectivity index (χ4n) is 3.49. The minimum atomic E-state index is 0.0978. The van der Waals surface area contributed by atoms with Gasteiger partial charge in [0.15, 0.2) is 0 Å². The van der Waals surface area contributed by atoms with E-state index in [0.717, 1.165) is 12.2 Å². The molecule has 20 heavy (non-hydrogen) atoms. The van der Waals surface area contributed by atoms with Gasteiger partial charge < -0.3 is 15.2 Å². The first-order chi connectivity index (χ1) is 9.43. The number of nitrogens with two attached hydrogens (primary N) is 1. The van der Waals surface area contributed by atoms with Crippen LogP contribution in [-0.4, -0.2) is 25.4 Å². The number of hydrogen-bond acceptors (Lipinski definition) is 3. The largest absolute Gasteiger partial charge is 0.496 e. The van der Waals surface area contributed by atoms with Crippen LogP contribution in [0, 0.1) is 18.8 Å². The maximum absolute atomic E-state index is 6.49. The number of aryl methyl sites for hydroxylation is 1. The monoisotopic (exact) mass is 277 g/mol. The van der Waals surface area contributed by atoms with Crippen molar-refractivity contribution in [2.75, 3.05) is 7.11 Å². The van der Waals surface area contributed by atoms with Gasteiger partial charge in [0.2, 0.25) is 0 Å². The third-order valence-corrected chi connectivity index (χ3v) is 4.70. The molecule has 0 aromatic heterocycles. The molecule has 1 aliphatic heterocycles. The second-order valence-corrected chi connectivity index (χ2v) is 6.17. The molecule has 112 valence electrons. The third kappa shape index (κ3) is 2.99. The molecule has 0 aliphatic carbocycles. The van der Waals surface area contributed by atoms with Gasteiger partial charge in [0.1, 0.15) is 5.75 Å². The highest BCUT2D eigenvalue weighted by Gasteiger charge is 2.40. The van der Waals surface area contributed by atoms with E-state index in [4.69, 9.17) is 15.2 Å². The van der Waals surface area contributed by atoms with E-state index in [2.05, 4.69) is 39.8 Å². The minimum Gasteiger partial charge on any atom is -0.496 e.